The lowest BCUT2D eigenvalue weighted by Gasteiger charge is -2.03. The van der Waals surface area contributed by atoms with Gasteiger partial charge in [0.2, 0.25) is 5.91 Å². The molecule has 0 fully saturated rings. The highest BCUT2D eigenvalue weighted by molar-refractivity contribution is 6.03. The summed E-state index contributed by atoms with van der Waals surface area (Å²) in [7, 11) is 3.33. The monoisotopic (exact) mass is 437 g/mol. The third-order valence-electron chi connectivity index (χ3n) is 3.83. The van der Waals surface area contributed by atoms with Crippen LogP contribution in [0.3, 0.4) is 0 Å². The van der Waals surface area contributed by atoms with Crippen molar-refractivity contribution in [1.29, 1.82) is 5.41 Å². The molecule has 0 atom stereocenters. The molecule has 1 amide bonds. The Morgan fingerprint density at radius 2 is 1.34 bits per heavy atom. The lowest BCUT2D eigenvalue weighted by molar-refractivity contribution is -0.114. The Bertz CT molecular complexity index is 861. The quantitative estimate of drug-likeness (QED) is 0.536. The molecule has 6 nitrogen and oxygen atoms in total. The summed E-state index contributed by atoms with van der Waals surface area (Å²) < 4.78 is 9.89. The summed E-state index contributed by atoms with van der Waals surface area (Å²) in [5.74, 6) is -0.0560. The number of hydrogen-bond acceptors (Lipinski definition) is 5. The molecule has 0 aliphatic heterocycles. The summed E-state index contributed by atoms with van der Waals surface area (Å²) in [6, 6.07) is 15.2. The Hall–Kier alpha value is -3.48. The zero-order chi connectivity index (χ0) is 23.1. The van der Waals surface area contributed by atoms with E-state index in [0.29, 0.717) is 18.9 Å². The Kier molecular flexibility index (Phi) is 14.5. The fourth-order valence-corrected chi connectivity index (χ4v) is 2.34. The second-order valence-electron chi connectivity index (χ2n) is 6.68. The van der Waals surface area contributed by atoms with Gasteiger partial charge in [0, 0.05) is 32.5 Å². The number of carbonyl (C=O) groups excluding carboxylic acids is 1. The molecule has 0 saturated carbocycles. The molecule has 0 aromatic heterocycles. The molecule has 2 aromatic rings. The summed E-state index contributed by atoms with van der Waals surface area (Å²) >= 11 is 0. The molecular formula is C26H35N3O3. The van der Waals surface area contributed by atoms with Crippen molar-refractivity contribution in [3.05, 3.63) is 96.1 Å². The fraction of sp³-hybridized carbons (Fsp3) is 0.231. The molecule has 4 N–H and O–H groups in total. The standard InChI is InChI=1S/C10H13NO2.C8H11NO.C7H7N.CH4/c1-8(12)11-10-5-3-9(4-6-10)7-13-2;1-10-6-7-2-4-8(9)5-3-7;1-6-2-4-7(8)5-3-6;/h3-6H,7H2,1-2H3,(H,11,12);2-5H,6,9H2,1H3;2-5,8H,1H2;1H4. The molecular weight excluding hydrogens is 402 g/mol. The molecule has 0 unspecified atom stereocenters. The topological polar surface area (TPSA) is 97.4 Å². The number of nitrogens with one attached hydrogen (secondary N) is 2. The van der Waals surface area contributed by atoms with Crippen LogP contribution in [-0.2, 0) is 27.5 Å². The highest BCUT2D eigenvalue weighted by Gasteiger charge is 1.95. The van der Waals surface area contributed by atoms with Gasteiger partial charge in [0.15, 0.2) is 0 Å². The van der Waals surface area contributed by atoms with Gasteiger partial charge in [0.05, 0.1) is 18.9 Å². The van der Waals surface area contributed by atoms with Crippen LogP contribution < -0.4 is 11.1 Å². The summed E-state index contributed by atoms with van der Waals surface area (Å²) in [6.07, 6.45) is 7.09. The maximum Gasteiger partial charge on any atom is 0.221 e. The lowest BCUT2D eigenvalue weighted by Crippen LogP contribution is -2.05. The normalized spacial score (nSPS) is 11.3. The van der Waals surface area contributed by atoms with Crippen molar-refractivity contribution in [2.75, 3.05) is 25.3 Å². The fourth-order valence-electron chi connectivity index (χ4n) is 2.34. The third-order valence-corrected chi connectivity index (χ3v) is 3.83. The predicted octanol–water partition coefficient (Wildman–Crippen LogP) is 5.53. The van der Waals surface area contributed by atoms with Crippen LogP contribution in [-0.4, -0.2) is 25.8 Å². The average Bonchev–Trinajstić information content (AvgIpc) is 2.74. The van der Waals surface area contributed by atoms with E-state index in [-0.39, 0.29) is 13.3 Å². The molecule has 0 heterocycles. The van der Waals surface area contributed by atoms with E-state index in [1.807, 2.05) is 60.7 Å². The first kappa shape index (κ1) is 28.5. The summed E-state index contributed by atoms with van der Waals surface area (Å²) in [4.78, 5) is 10.7. The molecule has 1 aliphatic rings. The Morgan fingerprint density at radius 3 is 1.72 bits per heavy atom. The zero-order valence-corrected chi connectivity index (χ0v) is 18.4. The van der Waals surface area contributed by atoms with Gasteiger partial charge in [-0.1, -0.05) is 50.4 Å². The Balaban J connectivity index is 0.000000456. The molecule has 0 saturated heterocycles. The van der Waals surface area contributed by atoms with Gasteiger partial charge < -0.3 is 25.9 Å². The molecule has 1 aliphatic carbocycles. The number of nitrogens with two attached hydrogens (primary N) is 1. The van der Waals surface area contributed by atoms with E-state index in [1.54, 1.807) is 26.4 Å². The van der Waals surface area contributed by atoms with Crippen LogP contribution in [0.2, 0.25) is 0 Å². The largest absolute Gasteiger partial charge is 0.399 e. The molecule has 0 spiro atoms. The van der Waals surface area contributed by atoms with E-state index in [1.165, 1.54) is 6.92 Å². The second kappa shape index (κ2) is 16.2. The first-order valence-electron chi connectivity index (χ1n) is 9.66. The maximum atomic E-state index is 10.7. The van der Waals surface area contributed by atoms with E-state index in [2.05, 4.69) is 11.9 Å². The van der Waals surface area contributed by atoms with Crippen molar-refractivity contribution in [2.24, 2.45) is 0 Å². The van der Waals surface area contributed by atoms with Gasteiger partial charge in [-0.2, -0.15) is 0 Å². The summed E-state index contributed by atoms with van der Waals surface area (Å²) in [6.45, 7) is 6.42. The highest BCUT2D eigenvalue weighted by atomic mass is 16.5. The number of carbonyl (C=O) groups is 1. The van der Waals surface area contributed by atoms with E-state index < -0.39 is 0 Å². The smallest absolute Gasteiger partial charge is 0.221 e. The Labute approximate surface area is 192 Å². The first-order chi connectivity index (χ1) is 14.8. The van der Waals surface area contributed by atoms with Crippen LogP contribution in [0.15, 0.2) is 85.0 Å². The second-order valence-corrected chi connectivity index (χ2v) is 6.68. The minimum atomic E-state index is -0.0560. The highest BCUT2D eigenvalue weighted by Crippen LogP contribution is 2.09. The molecule has 0 bridgehead atoms. The van der Waals surface area contributed by atoms with Gasteiger partial charge in [-0.3, -0.25) is 4.79 Å². The molecule has 2 aromatic carbocycles. The molecule has 172 valence electrons. The van der Waals surface area contributed by atoms with Gasteiger partial charge >= 0.3 is 0 Å². The number of hydrogen-bond donors (Lipinski definition) is 3. The van der Waals surface area contributed by atoms with Crippen LogP contribution in [0.25, 0.3) is 0 Å². The number of methoxy groups -OCH3 is 2. The lowest BCUT2D eigenvalue weighted by atomic mass is 10.1. The summed E-state index contributed by atoms with van der Waals surface area (Å²) in [5.41, 5.74) is 10.8. The number of rotatable bonds is 5. The van der Waals surface area contributed by atoms with Crippen molar-refractivity contribution in [3.8, 4) is 0 Å². The maximum absolute atomic E-state index is 10.7. The van der Waals surface area contributed by atoms with Gasteiger partial charge in [-0.05, 0) is 53.1 Å². The summed E-state index contributed by atoms with van der Waals surface area (Å²) in [5, 5.41) is 9.76. The number of amides is 1. The molecule has 6 heteroatoms. The van der Waals surface area contributed by atoms with Gasteiger partial charge in [0.25, 0.3) is 0 Å². The third kappa shape index (κ3) is 13.0. The number of nitrogen functional groups attached to an aromatic ring is 1. The molecule has 32 heavy (non-hydrogen) atoms. The van der Waals surface area contributed by atoms with Crippen molar-refractivity contribution in [1.82, 2.24) is 0 Å². The average molecular weight is 438 g/mol. The molecule has 3 rings (SSSR count). The number of benzene rings is 2. The van der Waals surface area contributed by atoms with Crippen molar-refractivity contribution < 1.29 is 14.3 Å². The SMILES string of the molecule is C.C=C1C=CC(=N)C=C1.COCc1ccc(N)cc1.COCc1ccc(NC(C)=O)cc1. The predicted molar refractivity (Wildman–Crippen MR) is 135 cm³/mol. The number of anilines is 2. The van der Waals surface area contributed by atoms with Crippen LogP contribution in [0, 0.1) is 5.41 Å². The van der Waals surface area contributed by atoms with Crippen molar-refractivity contribution >= 4 is 23.0 Å². The van der Waals surface area contributed by atoms with Gasteiger partial charge in [-0.15, -0.1) is 0 Å². The van der Waals surface area contributed by atoms with E-state index >= 15 is 0 Å². The Morgan fingerprint density at radius 1 is 0.906 bits per heavy atom. The zero-order valence-electron chi connectivity index (χ0n) is 18.4. The van der Waals surface area contributed by atoms with E-state index in [0.717, 1.165) is 28.1 Å². The van der Waals surface area contributed by atoms with Crippen LogP contribution in [0.5, 0.6) is 0 Å². The van der Waals surface area contributed by atoms with Crippen molar-refractivity contribution in [2.45, 2.75) is 27.6 Å². The number of ether oxygens (including phenoxy) is 2. The first-order valence-corrected chi connectivity index (χ1v) is 9.66. The van der Waals surface area contributed by atoms with E-state index in [9.17, 15) is 4.79 Å². The van der Waals surface area contributed by atoms with Crippen LogP contribution in [0.1, 0.15) is 25.5 Å². The minimum Gasteiger partial charge on any atom is -0.399 e. The minimum absolute atomic E-state index is 0. The van der Waals surface area contributed by atoms with Crippen molar-refractivity contribution in [3.63, 3.8) is 0 Å². The van der Waals surface area contributed by atoms with Gasteiger partial charge in [-0.25, -0.2) is 0 Å². The van der Waals surface area contributed by atoms with Crippen LogP contribution in [0.4, 0.5) is 11.4 Å². The van der Waals surface area contributed by atoms with Crippen LogP contribution >= 0.6 is 0 Å². The number of allylic oxidation sites excluding steroid dienone is 5. The van der Waals surface area contributed by atoms with Gasteiger partial charge in [0.1, 0.15) is 0 Å². The molecule has 0 radical (unpaired) electrons. The van der Waals surface area contributed by atoms with E-state index in [4.69, 9.17) is 20.6 Å².